The molecule has 0 bridgehead atoms. The molecule has 0 aromatic carbocycles. The average molecular weight is 196 g/mol. The Labute approximate surface area is 86.1 Å². The van der Waals surface area contributed by atoms with E-state index in [4.69, 9.17) is 5.73 Å². The molecule has 0 aromatic heterocycles. The molecule has 0 fully saturated rings. The smallest absolute Gasteiger partial charge is 0.237 e. The summed E-state index contributed by atoms with van der Waals surface area (Å²) in [6.07, 6.45) is 8.93. The molecule has 0 aromatic rings. The monoisotopic (exact) mass is 196 g/mol. The molecule has 2 unspecified atom stereocenters. The van der Waals surface area contributed by atoms with Crippen molar-refractivity contribution in [3.05, 3.63) is 24.3 Å². The number of amides is 1. The SMILES string of the molecule is C/C=C\C/C=C\C(C)C(N)C(=O)NC. The largest absolute Gasteiger partial charge is 0.358 e. The summed E-state index contributed by atoms with van der Waals surface area (Å²) in [5.41, 5.74) is 5.70. The molecular formula is C11H20N2O. The van der Waals surface area contributed by atoms with Crippen LogP contribution in [0.1, 0.15) is 20.3 Å². The zero-order valence-electron chi connectivity index (χ0n) is 9.16. The molecule has 0 aliphatic heterocycles. The Kier molecular flexibility index (Phi) is 6.76. The summed E-state index contributed by atoms with van der Waals surface area (Å²) in [6.45, 7) is 3.92. The minimum Gasteiger partial charge on any atom is -0.358 e. The van der Waals surface area contributed by atoms with E-state index in [1.165, 1.54) is 0 Å². The van der Waals surface area contributed by atoms with Gasteiger partial charge in [0, 0.05) is 7.05 Å². The Morgan fingerprint density at radius 3 is 2.64 bits per heavy atom. The molecule has 0 saturated carbocycles. The van der Waals surface area contributed by atoms with Crippen molar-refractivity contribution in [2.24, 2.45) is 11.7 Å². The molecule has 0 aliphatic carbocycles. The topological polar surface area (TPSA) is 55.1 Å². The normalized spacial score (nSPS) is 16.0. The number of carbonyl (C=O) groups excluding carboxylic acids is 1. The second-order valence-corrected chi connectivity index (χ2v) is 3.23. The summed E-state index contributed by atoms with van der Waals surface area (Å²) in [7, 11) is 1.60. The lowest BCUT2D eigenvalue weighted by molar-refractivity contribution is -0.122. The highest BCUT2D eigenvalue weighted by Gasteiger charge is 2.16. The van der Waals surface area contributed by atoms with Gasteiger partial charge in [-0.25, -0.2) is 0 Å². The van der Waals surface area contributed by atoms with Gasteiger partial charge in [-0.3, -0.25) is 4.79 Å². The predicted molar refractivity (Wildman–Crippen MR) is 59.8 cm³/mol. The third-order valence-corrected chi connectivity index (χ3v) is 2.06. The number of hydrogen-bond donors (Lipinski definition) is 2. The number of carbonyl (C=O) groups is 1. The summed E-state index contributed by atoms with van der Waals surface area (Å²) in [6, 6.07) is -0.457. The predicted octanol–water partition coefficient (Wildman–Crippen LogP) is 1.22. The maximum atomic E-state index is 11.2. The van der Waals surface area contributed by atoms with Crippen molar-refractivity contribution in [2.75, 3.05) is 7.05 Å². The minimum absolute atomic E-state index is 0.0696. The van der Waals surface area contributed by atoms with Crippen LogP contribution in [0.25, 0.3) is 0 Å². The molecule has 0 heterocycles. The lowest BCUT2D eigenvalue weighted by Crippen LogP contribution is -2.42. The van der Waals surface area contributed by atoms with Crippen molar-refractivity contribution in [1.29, 1.82) is 0 Å². The molecule has 3 N–H and O–H groups in total. The minimum atomic E-state index is -0.457. The van der Waals surface area contributed by atoms with Crippen molar-refractivity contribution in [3.63, 3.8) is 0 Å². The molecule has 1 amide bonds. The fourth-order valence-electron chi connectivity index (χ4n) is 1.03. The lowest BCUT2D eigenvalue weighted by Gasteiger charge is -2.14. The highest BCUT2D eigenvalue weighted by atomic mass is 16.2. The van der Waals surface area contributed by atoms with E-state index in [0.717, 1.165) is 6.42 Å². The molecule has 3 heteroatoms. The van der Waals surface area contributed by atoms with Crippen molar-refractivity contribution in [3.8, 4) is 0 Å². The Bertz CT molecular complexity index is 221. The lowest BCUT2D eigenvalue weighted by atomic mass is 10.0. The van der Waals surface area contributed by atoms with Gasteiger partial charge in [0.25, 0.3) is 0 Å². The Balaban J connectivity index is 3.99. The Hall–Kier alpha value is -1.09. The molecule has 0 saturated heterocycles. The summed E-state index contributed by atoms with van der Waals surface area (Å²) in [5.74, 6) is -0.0478. The van der Waals surface area contributed by atoms with Crippen LogP contribution in [0.15, 0.2) is 24.3 Å². The van der Waals surface area contributed by atoms with Crippen LogP contribution in [0.5, 0.6) is 0 Å². The van der Waals surface area contributed by atoms with Gasteiger partial charge < -0.3 is 11.1 Å². The van der Waals surface area contributed by atoms with Gasteiger partial charge in [-0.2, -0.15) is 0 Å². The van der Waals surface area contributed by atoms with E-state index in [1.54, 1.807) is 7.05 Å². The van der Waals surface area contributed by atoms with Crippen molar-refractivity contribution < 1.29 is 4.79 Å². The van der Waals surface area contributed by atoms with Gasteiger partial charge in [0.2, 0.25) is 5.91 Å². The molecule has 0 aliphatic rings. The maximum Gasteiger partial charge on any atom is 0.237 e. The number of allylic oxidation sites excluding steroid dienone is 3. The molecule has 3 nitrogen and oxygen atoms in total. The number of nitrogens with two attached hydrogens (primary N) is 1. The quantitative estimate of drug-likeness (QED) is 0.649. The summed E-state index contributed by atoms with van der Waals surface area (Å²) < 4.78 is 0. The van der Waals surface area contributed by atoms with Crippen LogP contribution in [0, 0.1) is 5.92 Å². The van der Waals surface area contributed by atoms with E-state index < -0.39 is 6.04 Å². The van der Waals surface area contributed by atoms with Gasteiger partial charge in [-0.05, 0) is 19.3 Å². The summed E-state index contributed by atoms with van der Waals surface area (Å²) >= 11 is 0. The Morgan fingerprint density at radius 2 is 2.14 bits per heavy atom. The highest BCUT2D eigenvalue weighted by molar-refractivity contribution is 5.81. The standard InChI is InChI=1S/C11H20N2O/c1-4-5-6-7-8-9(2)10(12)11(14)13-3/h4-5,7-10H,6,12H2,1-3H3,(H,13,14)/b5-4-,8-7-. The van der Waals surface area contributed by atoms with Crippen molar-refractivity contribution >= 4 is 5.91 Å². The van der Waals surface area contributed by atoms with Crippen LogP contribution in [0.2, 0.25) is 0 Å². The number of hydrogen-bond acceptors (Lipinski definition) is 2. The zero-order chi connectivity index (χ0) is 11.0. The summed E-state index contributed by atoms with van der Waals surface area (Å²) in [4.78, 5) is 11.2. The molecule has 0 spiro atoms. The fraction of sp³-hybridized carbons (Fsp3) is 0.545. The highest BCUT2D eigenvalue weighted by Crippen LogP contribution is 2.03. The van der Waals surface area contributed by atoms with Crippen LogP contribution >= 0.6 is 0 Å². The van der Waals surface area contributed by atoms with Crippen LogP contribution in [0.4, 0.5) is 0 Å². The number of rotatable bonds is 5. The van der Waals surface area contributed by atoms with E-state index in [9.17, 15) is 4.79 Å². The van der Waals surface area contributed by atoms with E-state index in [1.807, 2.05) is 32.1 Å². The third-order valence-electron chi connectivity index (χ3n) is 2.06. The van der Waals surface area contributed by atoms with Crippen molar-refractivity contribution in [1.82, 2.24) is 5.32 Å². The molecule has 80 valence electrons. The van der Waals surface area contributed by atoms with E-state index in [2.05, 4.69) is 11.4 Å². The van der Waals surface area contributed by atoms with E-state index in [0.29, 0.717) is 0 Å². The average Bonchev–Trinajstić information content (AvgIpc) is 2.21. The van der Waals surface area contributed by atoms with Gasteiger partial charge in [0.15, 0.2) is 0 Å². The first-order chi connectivity index (χ1) is 6.63. The first-order valence-electron chi connectivity index (χ1n) is 4.88. The van der Waals surface area contributed by atoms with Gasteiger partial charge in [-0.15, -0.1) is 0 Å². The molecule has 2 atom stereocenters. The third kappa shape index (κ3) is 4.82. The molecule has 0 rings (SSSR count). The summed E-state index contributed by atoms with van der Waals surface area (Å²) in [5, 5.41) is 2.54. The second kappa shape index (κ2) is 7.33. The van der Waals surface area contributed by atoms with Gasteiger partial charge >= 0.3 is 0 Å². The molecule has 14 heavy (non-hydrogen) atoms. The second-order valence-electron chi connectivity index (χ2n) is 3.23. The Morgan fingerprint density at radius 1 is 1.50 bits per heavy atom. The molecule has 0 radical (unpaired) electrons. The van der Waals surface area contributed by atoms with Crippen LogP contribution in [-0.4, -0.2) is 19.0 Å². The van der Waals surface area contributed by atoms with Crippen LogP contribution < -0.4 is 11.1 Å². The number of nitrogens with one attached hydrogen (secondary N) is 1. The maximum absolute atomic E-state index is 11.2. The number of likely N-dealkylation sites (N-methyl/N-ethyl adjacent to an activating group) is 1. The first-order valence-corrected chi connectivity index (χ1v) is 4.88. The van der Waals surface area contributed by atoms with E-state index in [-0.39, 0.29) is 11.8 Å². The van der Waals surface area contributed by atoms with Crippen LogP contribution in [-0.2, 0) is 4.79 Å². The molecular weight excluding hydrogens is 176 g/mol. The van der Waals surface area contributed by atoms with Gasteiger partial charge in [-0.1, -0.05) is 31.2 Å². The van der Waals surface area contributed by atoms with Crippen molar-refractivity contribution in [2.45, 2.75) is 26.3 Å². The van der Waals surface area contributed by atoms with Gasteiger partial charge in [0.1, 0.15) is 0 Å². The zero-order valence-corrected chi connectivity index (χ0v) is 9.16. The van der Waals surface area contributed by atoms with Gasteiger partial charge in [0.05, 0.1) is 6.04 Å². The van der Waals surface area contributed by atoms with Crippen LogP contribution in [0.3, 0.4) is 0 Å². The first kappa shape index (κ1) is 12.9. The fourth-order valence-corrected chi connectivity index (χ4v) is 1.03. The van der Waals surface area contributed by atoms with E-state index >= 15 is 0 Å².